The minimum atomic E-state index is -0.724. The smallest absolute Gasteiger partial charge is 0.340 e. The number of anilines is 1. The van der Waals surface area contributed by atoms with E-state index in [1.165, 1.54) is 19.3 Å². The van der Waals surface area contributed by atoms with Crippen molar-refractivity contribution in [1.82, 2.24) is 4.90 Å². The summed E-state index contributed by atoms with van der Waals surface area (Å²) < 4.78 is 15.1. The number of hydrogen-bond acceptors (Lipinski definition) is 7. The predicted molar refractivity (Wildman–Crippen MR) is 129 cm³/mol. The molecule has 1 fully saturated rings. The van der Waals surface area contributed by atoms with Crippen LogP contribution in [-0.4, -0.2) is 62.6 Å². The van der Waals surface area contributed by atoms with Crippen LogP contribution in [0, 0.1) is 5.92 Å². The van der Waals surface area contributed by atoms with Gasteiger partial charge in [0.1, 0.15) is 5.75 Å². The molecule has 0 spiro atoms. The van der Waals surface area contributed by atoms with Crippen LogP contribution >= 0.6 is 0 Å². The summed E-state index contributed by atoms with van der Waals surface area (Å²) in [6.45, 7) is 0.355. The molecule has 0 atom stereocenters. The summed E-state index contributed by atoms with van der Waals surface area (Å²) in [4.78, 5) is 50.6. The zero-order valence-electron chi connectivity index (χ0n) is 19.7. The van der Waals surface area contributed by atoms with Gasteiger partial charge in [0.15, 0.2) is 6.61 Å². The van der Waals surface area contributed by atoms with Crippen LogP contribution in [-0.2, 0) is 23.9 Å². The lowest BCUT2D eigenvalue weighted by molar-refractivity contribution is -0.149. The molecule has 9 heteroatoms. The van der Waals surface area contributed by atoms with Gasteiger partial charge in [-0.15, -0.1) is 0 Å². The van der Waals surface area contributed by atoms with Gasteiger partial charge in [-0.2, -0.15) is 0 Å². The number of rotatable bonds is 8. The molecule has 2 aromatic carbocycles. The Morgan fingerprint density at radius 3 is 2.34 bits per heavy atom. The second-order valence-electron chi connectivity index (χ2n) is 7.90. The van der Waals surface area contributed by atoms with E-state index in [4.69, 9.17) is 14.2 Å². The Balaban J connectivity index is 1.53. The molecule has 0 aliphatic carbocycles. The quantitative estimate of drug-likeness (QED) is 0.457. The topological polar surface area (TPSA) is 111 Å². The molecule has 0 saturated carbocycles. The van der Waals surface area contributed by atoms with Crippen LogP contribution in [0.3, 0.4) is 0 Å². The number of amides is 2. The number of ether oxygens (including phenoxy) is 3. The fraction of sp³-hybridized carbons (Fsp3) is 0.308. The lowest BCUT2D eigenvalue weighted by Crippen LogP contribution is -2.42. The van der Waals surface area contributed by atoms with Gasteiger partial charge >= 0.3 is 11.9 Å². The van der Waals surface area contributed by atoms with Crippen molar-refractivity contribution in [3.8, 4) is 5.75 Å². The van der Waals surface area contributed by atoms with Crippen LogP contribution in [0.15, 0.2) is 54.6 Å². The standard InChI is InChI=1S/C26H28N2O7/c1-33-20-10-7-18(8-11-20)9-12-23(29)27-22-6-4-3-5-21(22)26(32)35-17-24(30)28-15-13-19(14-16-28)25(31)34-2/h3-12,19H,13-17H2,1-2H3,(H,27,29)/b12-9+. The number of esters is 2. The van der Waals surface area contributed by atoms with Crippen molar-refractivity contribution >= 4 is 35.5 Å². The molecule has 0 unspecified atom stereocenters. The summed E-state index contributed by atoms with van der Waals surface area (Å²) >= 11 is 0. The number of likely N-dealkylation sites (tertiary alicyclic amines) is 1. The minimum absolute atomic E-state index is 0.135. The SMILES string of the molecule is COC(=O)C1CCN(C(=O)COC(=O)c2ccccc2NC(=O)/C=C/c2ccc(OC)cc2)CC1. The third-order valence-corrected chi connectivity index (χ3v) is 5.66. The molecular formula is C26H28N2O7. The second-order valence-corrected chi connectivity index (χ2v) is 7.90. The Labute approximate surface area is 203 Å². The van der Waals surface area contributed by atoms with E-state index in [-0.39, 0.29) is 29.0 Å². The number of para-hydroxylation sites is 1. The molecule has 1 N–H and O–H groups in total. The molecule has 35 heavy (non-hydrogen) atoms. The van der Waals surface area contributed by atoms with E-state index in [0.717, 1.165) is 5.56 Å². The highest BCUT2D eigenvalue weighted by Crippen LogP contribution is 2.20. The summed E-state index contributed by atoms with van der Waals surface area (Å²) in [7, 11) is 2.92. The highest BCUT2D eigenvalue weighted by atomic mass is 16.5. The van der Waals surface area contributed by atoms with Crippen molar-refractivity contribution in [3.05, 3.63) is 65.7 Å². The average molecular weight is 481 g/mol. The largest absolute Gasteiger partial charge is 0.497 e. The van der Waals surface area contributed by atoms with Crippen molar-refractivity contribution in [3.63, 3.8) is 0 Å². The van der Waals surface area contributed by atoms with Crippen LogP contribution < -0.4 is 10.1 Å². The van der Waals surface area contributed by atoms with Gasteiger partial charge in [-0.1, -0.05) is 24.3 Å². The minimum Gasteiger partial charge on any atom is -0.497 e. The molecule has 1 aliphatic rings. The first-order valence-electron chi connectivity index (χ1n) is 11.2. The number of nitrogens with zero attached hydrogens (tertiary/aromatic N) is 1. The zero-order valence-corrected chi connectivity index (χ0v) is 19.7. The first-order valence-corrected chi connectivity index (χ1v) is 11.2. The van der Waals surface area contributed by atoms with Crippen LogP contribution in [0.1, 0.15) is 28.8 Å². The first kappa shape index (κ1) is 25.5. The van der Waals surface area contributed by atoms with Crippen LogP contribution in [0.5, 0.6) is 5.75 Å². The van der Waals surface area contributed by atoms with Gasteiger partial charge in [0.2, 0.25) is 5.91 Å². The lowest BCUT2D eigenvalue weighted by atomic mass is 9.97. The fourth-order valence-corrected chi connectivity index (χ4v) is 3.66. The Morgan fingerprint density at radius 1 is 1.00 bits per heavy atom. The van der Waals surface area contributed by atoms with E-state index in [9.17, 15) is 19.2 Å². The fourth-order valence-electron chi connectivity index (χ4n) is 3.66. The zero-order chi connectivity index (χ0) is 25.2. The van der Waals surface area contributed by atoms with Gasteiger partial charge in [-0.25, -0.2) is 4.79 Å². The third kappa shape index (κ3) is 7.17. The van der Waals surface area contributed by atoms with Gasteiger partial charge in [-0.3, -0.25) is 14.4 Å². The highest BCUT2D eigenvalue weighted by molar-refractivity contribution is 6.06. The molecule has 3 rings (SSSR count). The number of carbonyl (C=O) groups is 4. The van der Waals surface area contributed by atoms with E-state index in [0.29, 0.717) is 31.7 Å². The molecule has 1 heterocycles. The molecule has 1 aliphatic heterocycles. The molecule has 1 saturated heterocycles. The summed E-state index contributed by atoms with van der Waals surface area (Å²) in [5.41, 5.74) is 1.21. The number of hydrogen-bond donors (Lipinski definition) is 1. The van der Waals surface area contributed by atoms with Gasteiger partial charge in [0.05, 0.1) is 31.4 Å². The normalized spacial score (nSPS) is 13.8. The Morgan fingerprint density at radius 2 is 1.69 bits per heavy atom. The molecule has 2 amide bonds. The molecular weight excluding hydrogens is 452 g/mol. The van der Waals surface area contributed by atoms with Crippen LogP contribution in [0.2, 0.25) is 0 Å². The maximum Gasteiger partial charge on any atom is 0.340 e. The molecule has 184 valence electrons. The van der Waals surface area contributed by atoms with E-state index >= 15 is 0 Å². The first-order chi connectivity index (χ1) is 16.9. The monoisotopic (exact) mass is 480 g/mol. The Bertz CT molecular complexity index is 1090. The number of carbonyl (C=O) groups excluding carboxylic acids is 4. The molecule has 2 aromatic rings. The van der Waals surface area contributed by atoms with E-state index < -0.39 is 18.5 Å². The molecule has 0 bridgehead atoms. The average Bonchev–Trinajstić information content (AvgIpc) is 2.90. The number of benzene rings is 2. The summed E-state index contributed by atoms with van der Waals surface area (Å²) in [5, 5.41) is 2.67. The van der Waals surface area contributed by atoms with Crippen LogP contribution in [0.25, 0.3) is 6.08 Å². The van der Waals surface area contributed by atoms with Gasteiger partial charge in [0, 0.05) is 19.2 Å². The molecule has 9 nitrogen and oxygen atoms in total. The Kier molecular flexibility index (Phi) is 9.00. The predicted octanol–water partition coefficient (Wildman–Crippen LogP) is 2.92. The molecule has 0 radical (unpaired) electrons. The maximum atomic E-state index is 12.6. The van der Waals surface area contributed by atoms with Crippen molar-refractivity contribution in [2.45, 2.75) is 12.8 Å². The number of piperidine rings is 1. The van der Waals surface area contributed by atoms with Crippen molar-refractivity contribution in [2.24, 2.45) is 5.92 Å². The lowest BCUT2D eigenvalue weighted by Gasteiger charge is -2.30. The van der Waals surface area contributed by atoms with E-state index in [1.54, 1.807) is 48.4 Å². The second kappa shape index (κ2) is 12.4. The summed E-state index contributed by atoms with van der Waals surface area (Å²) in [5.74, 6) is -1.28. The number of nitrogens with one attached hydrogen (secondary N) is 1. The summed E-state index contributed by atoms with van der Waals surface area (Å²) in [6.07, 6.45) is 4.00. The Hall–Kier alpha value is -4.14. The van der Waals surface area contributed by atoms with E-state index in [2.05, 4.69) is 5.32 Å². The van der Waals surface area contributed by atoms with E-state index in [1.807, 2.05) is 12.1 Å². The van der Waals surface area contributed by atoms with Gasteiger partial charge < -0.3 is 24.4 Å². The van der Waals surface area contributed by atoms with Gasteiger partial charge in [-0.05, 0) is 48.7 Å². The van der Waals surface area contributed by atoms with Crippen LogP contribution in [0.4, 0.5) is 5.69 Å². The third-order valence-electron chi connectivity index (χ3n) is 5.66. The number of methoxy groups -OCH3 is 2. The molecule has 0 aromatic heterocycles. The van der Waals surface area contributed by atoms with Gasteiger partial charge in [0.25, 0.3) is 5.91 Å². The van der Waals surface area contributed by atoms with Crippen molar-refractivity contribution in [2.75, 3.05) is 39.2 Å². The maximum absolute atomic E-state index is 12.6. The highest BCUT2D eigenvalue weighted by Gasteiger charge is 2.28. The van der Waals surface area contributed by atoms with Crippen molar-refractivity contribution < 1.29 is 33.4 Å². The summed E-state index contributed by atoms with van der Waals surface area (Å²) in [6, 6.07) is 13.6. The van der Waals surface area contributed by atoms with Crippen molar-refractivity contribution in [1.29, 1.82) is 0 Å².